The van der Waals surface area contributed by atoms with E-state index in [4.69, 9.17) is 33.7 Å². The van der Waals surface area contributed by atoms with Crippen LogP contribution in [0.3, 0.4) is 0 Å². The number of aromatic nitrogens is 1. The lowest BCUT2D eigenvalue weighted by atomic mass is 10.0. The fourth-order valence-corrected chi connectivity index (χ4v) is 3.48. The van der Waals surface area contributed by atoms with Gasteiger partial charge in [-0.1, -0.05) is 47.5 Å². The van der Waals surface area contributed by atoms with E-state index in [-0.39, 0.29) is 17.4 Å². The molecule has 3 aromatic rings. The number of anilines is 1. The molecule has 3 rings (SSSR count). The fourth-order valence-electron chi connectivity index (χ4n) is 2.80. The molecular weight excluding hydrogens is 390 g/mol. The Bertz CT molecular complexity index is 982. The van der Waals surface area contributed by atoms with Gasteiger partial charge in [0, 0.05) is 22.3 Å². The molecule has 3 N–H and O–H groups in total. The number of nitrogens with two attached hydrogens (primary N) is 1. The number of nitrogens with zero attached hydrogens (tertiary/aromatic N) is 1. The number of aliphatic hydroxyl groups excluding tert-OH is 1. The molecule has 1 unspecified atom stereocenters. The Hall–Kier alpha value is -2.34. The summed E-state index contributed by atoms with van der Waals surface area (Å²) in [4.78, 5) is 4.17. The van der Waals surface area contributed by atoms with Crippen LogP contribution in [0.25, 0.3) is 11.1 Å². The largest absolute Gasteiger partial charge is 0.482 e. The molecule has 0 bridgehead atoms. The van der Waals surface area contributed by atoms with Crippen LogP contribution in [0.15, 0.2) is 48.7 Å². The summed E-state index contributed by atoms with van der Waals surface area (Å²) in [5.41, 5.74) is 8.57. The average Bonchev–Trinajstić information content (AvgIpc) is 2.67. The van der Waals surface area contributed by atoms with Gasteiger partial charge in [-0.3, -0.25) is 0 Å². The molecule has 1 aromatic heterocycles. The molecule has 0 spiro atoms. The Kier molecular flexibility index (Phi) is 5.85. The van der Waals surface area contributed by atoms with Crippen LogP contribution in [0.4, 0.5) is 10.2 Å². The Balaban J connectivity index is 1.98. The molecule has 27 heavy (non-hydrogen) atoms. The highest BCUT2D eigenvalue weighted by atomic mass is 35.5. The highest BCUT2D eigenvalue weighted by Gasteiger charge is 2.20. The van der Waals surface area contributed by atoms with E-state index in [0.29, 0.717) is 16.3 Å². The minimum absolute atomic E-state index is 0.0942. The van der Waals surface area contributed by atoms with Gasteiger partial charge in [0.2, 0.25) is 0 Å². The second-order valence-electron chi connectivity index (χ2n) is 5.94. The number of rotatable bonds is 5. The highest BCUT2D eigenvalue weighted by molar-refractivity contribution is 6.36. The van der Waals surface area contributed by atoms with E-state index in [2.05, 4.69) is 4.98 Å². The molecule has 0 aliphatic carbocycles. The molecule has 0 amide bonds. The Morgan fingerprint density at radius 1 is 1.22 bits per heavy atom. The molecule has 0 saturated heterocycles. The topological polar surface area (TPSA) is 68.4 Å². The Labute approximate surface area is 166 Å². The van der Waals surface area contributed by atoms with Crippen LogP contribution >= 0.6 is 23.2 Å². The zero-order chi connectivity index (χ0) is 19.6. The van der Waals surface area contributed by atoms with E-state index in [1.165, 1.54) is 12.1 Å². The van der Waals surface area contributed by atoms with Crippen LogP contribution in [0, 0.1) is 5.82 Å². The van der Waals surface area contributed by atoms with Crippen LogP contribution in [0.1, 0.15) is 24.2 Å². The minimum Gasteiger partial charge on any atom is -0.482 e. The first-order valence-electron chi connectivity index (χ1n) is 8.17. The standard InChI is InChI=1S/C20H17Cl2FN2O2/c1-11(18-15(21)6-7-16(23)19(18)22)27-17-8-13(9-25-20(17)24)14-5-3-2-4-12(14)10-26/h2-9,11,26H,10H2,1H3,(H2,24,25). The van der Waals surface area contributed by atoms with Gasteiger partial charge in [-0.2, -0.15) is 0 Å². The number of pyridine rings is 1. The van der Waals surface area contributed by atoms with Crippen LogP contribution in [-0.4, -0.2) is 10.1 Å². The molecule has 0 aliphatic heterocycles. The Morgan fingerprint density at radius 2 is 1.96 bits per heavy atom. The monoisotopic (exact) mass is 406 g/mol. The van der Waals surface area contributed by atoms with Crippen LogP contribution in [0.5, 0.6) is 5.75 Å². The summed E-state index contributed by atoms with van der Waals surface area (Å²) in [5, 5.41) is 9.74. The highest BCUT2D eigenvalue weighted by Crippen LogP contribution is 2.37. The van der Waals surface area contributed by atoms with Crippen molar-refractivity contribution < 1.29 is 14.2 Å². The third kappa shape index (κ3) is 4.00. The van der Waals surface area contributed by atoms with E-state index >= 15 is 0 Å². The first kappa shape index (κ1) is 19.4. The summed E-state index contributed by atoms with van der Waals surface area (Å²) in [5.74, 6) is -0.0943. The van der Waals surface area contributed by atoms with E-state index < -0.39 is 11.9 Å². The van der Waals surface area contributed by atoms with Crippen molar-refractivity contribution in [2.24, 2.45) is 0 Å². The van der Waals surface area contributed by atoms with Crippen molar-refractivity contribution in [3.63, 3.8) is 0 Å². The number of halogens is 3. The smallest absolute Gasteiger partial charge is 0.166 e. The zero-order valence-electron chi connectivity index (χ0n) is 14.4. The van der Waals surface area contributed by atoms with Crippen LogP contribution in [-0.2, 0) is 6.61 Å². The van der Waals surface area contributed by atoms with Crippen molar-refractivity contribution in [3.8, 4) is 16.9 Å². The summed E-state index contributed by atoms with van der Waals surface area (Å²) < 4.78 is 19.7. The summed E-state index contributed by atoms with van der Waals surface area (Å²) in [6.45, 7) is 1.59. The van der Waals surface area contributed by atoms with E-state index in [9.17, 15) is 9.50 Å². The van der Waals surface area contributed by atoms with Crippen molar-refractivity contribution in [1.82, 2.24) is 4.98 Å². The van der Waals surface area contributed by atoms with Crippen molar-refractivity contribution in [2.75, 3.05) is 5.73 Å². The zero-order valence-corrected chi connectivity index (χ0v) is 15.9. The summed E-state index contributed by atoms with van der Waals surface area (Å²) in [6.07, 6.45) is 0.942. The third-order valence-corrected chi connectivity index (χ3v) is 4.88. The van der Waals surface area contributed by atoms with Gasteiger partial charge in [-0.15, -0.1) is 0 Å². The first-order chi connectivity index (χ1) is 12.9. The quantitative estimate of drug-likeness (QED) is 0.555. The van der Waals surface area contributed by atoms with Gasteiger partial charge in [0.1, 0.15) is 11.9 Å². The molecule has 0 aliphatic rings. The average molecular weight is 407 g/mol. The molecule has 140 valence electrons. The number of aliphatic hydroxyl groups is 1. The van der Waals surface area contributed by atoms with Crippen LogP contribution < -0.4 is 10.5 Å². The van der Waals surface area contributed by atoms with Gasteiger partial charge in [-0.05, 0) is 36.2 Å². The maximum atomic E-state index is 13.8. The van der Waals surface area contributed by atoms with Gasteiger partial charge < -0.3 is 15.6 Å². The van der Waals surface area contributed by atoms with Gasteiger partial charge in [0.05, 0.1) is 11.6 Å². The van der Waals surface area contributed by atoms with Gasteiger partial charge in [-0.25, -0.2) is 9.37 Å². The summed E-state index contributed by atoms with van der Waals surface area (Å²) in [7, 11) is 0. The van der Waals surface area contributed by atoms with Crippen molar-refractivity contribution in [3.05, 3.63) is 75.7 Å². The number of ether oxygens (including phenoxy) is 1. The van der Waals surface area contributed by atoms with Crippen molar-refractivity contribution in [1.29, 1.82) is 0 Å². The van der Waals surface area contributed by atoms with Crippen molar-refractivity contribution >= 4 is 29.0 Å². The first-order valence-corrected chi connectivity index (χ1v) is 8.92. The predicted molar refractivity (Wildman–Crippen MR) is 105 cm³/mol. The van der Waals surface area contributed by atoms with Gasteiger partial charge in [0.15, 0.2) is 11.6 Å². The lowest BCUT2D eigenvalue weighted by Crippen LogP contribution is -2.08. The summed E-state index contributed by atoms with van der Waals surface area (Å²) in [6, 6.07) is 11.7. The molecule has 0 saturated carbocycles. The second-order valence-corrected chi connectivity index (χ2v) is 6.72. The number of benzene rings is 2. The molecule has 4 nitrogen and oxygen atoms in total. The molecule has 2 aromatic carbocycles. The van der Waals surface area contributed by atoms with Gasteiger partial charge >= 0.3 is 0 Å². The number of hydrogen-bond acceptors (Lipinski definition) is 4. The van der Waals surface area contributed by atoms with Gasteiger partial charge in [0.25, 0.3) is 0 Å². The molecule has 1 heterocycles. The number of hydrogen-bond donors (Lipinski definition) is 2. The van der Waals surface area contributed by atoms with E-state index in [1.54, 1.807) is 19.2 Å². The minimum atomic E-state index is -0.659. The fraction of sp³-hybridized carbons (Fsp3) is 0.150. The second kappa shape index (κ2) is 8.13. The summed E-state index contributed by atoms with van der Waals surface area (Å²) >= 11 is 12.2. The lowest BCUT2D eigenvalue weighted by molar-refractivity contribution is 0.227. The molecule has 0 radical (unpaired) electrons. The van der Waals surface area contributed by atoms with E-state index in [1.807, 2.05) is 24.3 Å². The Morgan fingerprint density at radius 3 is 2.70 bits per heavy atom. The maximum Gasteiger partial charge on any atom is 0.166 e. The molecular formula is C20H17Cl2FN2O2. The molecule has 1 atom stereocenters. The SMILES string of the molecule is CC(Oc1cc(-c2ccccc2CO)cnc1N)c1c(Cl)ccc(F)c1Cl. The maximum absolute atomic E-state index is 13.8. The normalized spacial score (nSPS) is 12.0. The van der Waals surface area contributed by atoms with E-state index in [0.717, 1.165) is 16.7 Å². The lowest BCUT2D eigenvalue weighted by Gasteiger charge is -2.19. The molecule has 7 heteroatoms. The van der Waals surface area contributed by atoms with Crippen LogP contribution in [0.2, 0.25) is 10.0 Å². The van der Waals surface area contributed by atoms with Crippen molar-refractivity contribution in [2.45, 2.75) is 19.6 Å². The molecule has 0 fully saturated rings. The number of nitrogen functional groups attached to an aromatic ring is 1. The predicted octanol–water partition coefficient (Wildman–Crippen LogP) is 5.41. The third-order valence-electron chi connectivity index (χ3n) is 4.17.